The van der Waals surface area contributed by atoms with Crippen LogP contribution in [-0.4, -0.2) is 20.3 Å². The topological polar surface area (TPSA) is 72.2 Å². The molecule has 0 unspecified atom stereocenters. The molecule has 0 atom stereocenters. The molecule has 0 aliphatic heterocycles. The average Bonchev–Trinajstić information content (AvgIpc) is 2.11. The molecule has 0 radical (unpaired) electrons. The van der Waals surface area contributed by atoms with Crippen LogP contribution in [0.1, 0.15) is 12.8 Å². The highest BCUT2D eigenvalue weighted by Gasteiger charge is 2.27. The summed E-state index contributed by atoms with van der Waals surface area (Å²) in [5.74, 6) is -1.45. The van der Waals surface area contributed by atoms with Crippen LogP contribution in [0.4, 0.5) is 28.9 Å². The van der Waals surface area contributed by atoms with Crippen molar-refractivity contribution in [3.8, 4) is 0 Å². The number of sulfonamides is 1. The minimum absolute atomic E-state index is 0.00740. The van der Waals surface area contributed by atoms with E-state index in [2.05, 4.69) is 0 Å². The third-order valence-electron chi connectivity index (χ3n) is 2.07. The van der Waals surface area contributed by atoms with Crippen molar-refractivity contribution >= 4 is 21.4 Å². The first-order valence-corrected chi connectivity index (χ1v) is 6.86. The van der Waals surface area contributed by atoms with Crippen molar-refractivity contribution in [1.82, 2.24) is 0 Å². The first-order valence-electron chi connectivity index (χ1n) is 5.21. The predicted molar refractivity (Wildman–Crippen MR) is 63.5 cm³/mol. The summed E-state index contributed by atoms with van der Waals surface area (Å²) in [5, 5.41) is 0. The summed E-state index contributed by atoms with van der Waals surface area (Å²) < 4.78 is 73.5. The largest absolute Gasteiger partial charge is 0.399 e. The van der Waals surface area contributed by atoms with E-state index in [4.69, 9.17) is 5.73 Å². The maximum Gasteiger partial charge on any atom is 0.389 e. The summed E-state index contributed by atoms with van der Waals surface area (Å²) >= 11 is 0. The molecule has 9 heteroatoms. The second-order valence-corrected chi connectivity index (χ2v) is 5.75. The summed E-state index contributed by atoms with van der Waals surface area (Å²) in [6, 6.07) is 3.05. The van der Waals surface area contributed by atoms with Gasteiger partial charge in [0.1, 0.15) is 5.82 Å². The van der Waals surface area contributed by atoms with Crippen molar-refractivity contribution in [2.75, 3.05) is 16.2 Å². The number of rotatable bonds is 5. The van der Waals surface area contributed by atoms with Crippen LogP contribution in [0.5, 0.6) is 0 Å². The van der Waals surface area contributed by atoms with E-state index < -0.39 is 40.6 Å². The summed E-state index contributed by atoms with van der Waals surface area (Å²) in [4.78, 5) is 0. The Morgan fingerprint density at radius 3 is 2.37 bits per heavy atom. The van der Waals surface area contributed by atoms with Gasteiger partial charge in [0.2, 0.25) is 10.0 Å². The van der Waals surface area contributed by atoms with Gasteiger partial charge in [-0.15, -0.1) is 0 Å². The lowest BCUT2D eigenvalue weighted by Crippen LogP contribution is -2.19. The summed E-state index contributed by atoms with van der Waals surface area (Å²) in [7, 11) is -3.96. The quantitative estimate of drug-likeness (QED) is 0.648. The van der Waals surface area contributed by atoms with Gasteiger partial charge in [-0.3, -0.25) is 4.72 Å². The smallest absolute Gasteiger partial charge is 0.389 e. The van der Waals surface area contributed by atoms with Crippen LogP contribution in [0.3, 0.4) is 0 Å². The van der Waals surface area contributed by atoms with Crippen LogP contribution in [-0.2, 0) is 10.0 Å². The van der Waals surface area contributed by atoms with Gasteiger partial charge in [0.15, 0.2) is 0 Å². The van der Waals surface area contributed by atoms with Gasteiger partial charge in [-0.2, -0.15) is 13.2 Å². The molecule has 0 amide bonds. The van der Waals surface area contributed by atoms with Crippen molar-refractivity contribution in [3.63, 3.8) is 0 Å². The van der Waals surface area contributed by atoms with Crippen molar-refractivity contribution in [2.45, 2.75) is 19.0 Å². The Balaban J connectivity index is 2.64. The maximum absolute atomic E-state index is 12.9. The van der Waals surface area contributed by atoms with Crippen LogP contribution in [0.2, 0.25) is 0 Å². The third kappa shape index (κ3) is 6.27. The lowest BCUT2D eigenvalue weighted by molar-refractivity contribution is -0.134. The van der Waals surface area contributed by atoms with Crippen molar-refractivity contribution in [2.24, 2.45) is 0 Å². The van der Waals surface area contributed by atoms with Crippen LogP contribution in [0, 0.1) is 5.82 Å². The zero-order valence-electron chi connectivity index (χ0n) is 9.67. The molecule has 0 aliphatic carbocycles. The second-order valence-electron chi connectivity index (χ2n) is 3.91. The minimum atomic E-state index is -4.40. The van der Waals surface area contributed by atoms with Gasteiger partial charge in [0.05, 0.1) is 11.4 Å². The van der Waals surface area contributed by atoms with Crippen LogP contribution >= 0.6 is 0 Å². The molecule has 1 rings (SSSR count). The van der Waals surface area contributed by atoms with Crippen molar-refractivity contribution < 1.29 is 26.0 Å². The van der Waals surface area contributed by atoms with Gasteiger partial charge in [0.25, 0.3) is 0 Å². The minimum Gasteiger partial charge on any atom is -0.399 e. The lowest BCUT2D eigenvalue weighted by Gasteiger charge is -2.09. The molecule has 1 aromatic carbocycles. The Labute approximate surface area is 107 Å². The molecule has 19 heavy (non-hydrogen) atoms. The standard InChI is InChI=1S/C10H12F4N2O2S/c11-7-4-8(15)6-9(5-7)16-19(17,18)3-1-2-10(12,13)14/h4-6,16H,1-3,15H2. The Bertz CT molecular complexity index is 523. The number of alkyl halides is 3. The zero-order valence-corrected chi connectivity index (χ0v) is 10.5. The van der Waals surface area contributed by atoms with Gasteiger partial charge < -0.3 is 5.73 Å². The van der Waals surface area contributed by atoms with E-state index >= 15 is 0 Å². The molecule has 0 saturated heterocycles. The lowest BCUT2D eigenvalue weighted by atomic mass is 10.3. The number of benzene rings is 1. The monoisotopic (exact) mass is 300 g/mol. The molecule has 0 spiro atoms. The van der Waals surface area contributed by atoms with Gasteiger partial charge >= 0.3 is 6.18 Å². The highest BCUT2D eigenvalue weighted by Crippen LogP contribution is 2.22. The first kappa shape index (κ1) is 15.5. The number of anilines is 2. The van der Waals surface area contributed by atoms with Gasteiger partial charge in [0, 0.05) is 12.1 Å². The predicted octanol–water partition coefficient (Wildman–Crippen LogP) is 2.49. The van der Waals surface area contributed by atoms with Crippen molar-refractivity contribution in [3.05, 3.63) is 24.0 Å². The second kappa shape index (κ2) is 5.64. The molecule has 1 aromatic rings. The van der Waals surface area contributed by atoms with E-state index in [0.717, 1.165) is 12.1 Å². The molecular weight excluding hydrogens is 288 g/mol. The van der Waals surface area contributed by atoms with Crippen LogP contribution in [0.15, 0.2) is 18.2 Å². The summed E-state index contributed by atoms with van der Waals surface area (Å²) in [6.45, 7) is 0. The summed E-state index contributed by atoms with van der Waals surface area (Å²) in [6.07, 6.45) is -6.17. The number of nitrogens with two attached hydrogens (primary N) is 1. The number of nitrogen functional groups attached to an aromatic ring is 1. The number of nitrogens with one attached hydrogen (secondary N) is 1. The molecule has 108 valence electrons. The Morgan fingerprint density at radius 2 is 1.84 bits per heavy atom. The van der Waals surface area contributed by atoms with E-state index in [1.165, 1.54) is 6.07 Å². The molecule has 0 aliphatic rings. The third-order valence-corrected chi connectivity index (χ3v) is 3.44. The number of hydrogen-bond donors (Lipinski definition) is 2. The fourth-order valence-electron chi connectivity index (χ4n) is 1.36. The summed E-state index contributed by atoms with van der Waals surface area (Å²) in [5.41, 5.74) is 5.20. The van der Waals surface area contributed by atoms with Gasteiger partial charge in [-0.05, 0) is 24.6 Å². The Hall–Kier alpha value is -1.51. The SMILES string of the molecule is Nc1cc(F)cc(NS(=O)(=O)CCCC(F)(F)F)c1. The average molecular weight is 300 g/mol. The number of halogens is 4. The van der Waals surface area contributed by atoms with E-state index in [1.54, 1.807) is 0 Å². The normalized spacial score (nSPS) is 12.4. The molecule has 0 fully saturated rings. The Morgan fingerprint density at radius 1 is 1.21 bits per heavy atom. The van der Waals surface area contributed by atoms with Gasteiger partial charge in [-0.25, -0.2) is 12.8 Å². The highest BCUT2D eigenvalue weighted by atomic mass is 32.2. The van der Waals surface area contributed by atoms with Crippen LogP contribution in [0.25, 0.3) is 0 Å². The van der Waals surface area contributed by atoms with Crippen molar-refractivity contribution in [1.29, 1.82) is 0 Å². The van der Waals surface area contributed by atoms with E-state index in [-0.39, 0.29) is 11.4 Å². The fourth-order valence-corrected chi connectivity index (χ4v) is 2.47. The molecule has 0 saturated carbocycles. The Kier molecular flexibility index (Phi) is 4.61. The van der Waals surface area contributed by atoms with E-state index in [0.29, 0.717) is 0 Å². The molecule has 3 N–H and O–H groups in total. The molecule has 0 bridgehead atoms. The first-order chi connectivity index (χ1) is 8.57. The van der Waals surface area contributed by atoms with E-state index in [9.17, 15) is 26.0 Å². The molecule has 0 heterocycles. The van der Waals surface area contributed by atoms with Gasteiger partial charge in [-0.1, -0.05) is 0 Å². The number of hydrogen-bond acceptors (Lipinski definition) is 3. The fraction of sp³-hybridized carbons (Fsp3) is 0.400. The molecule has 4 nitrogen and oxygen atoms in total. The highest BCUT2D eigenvalue weighted by molar-refractivity contribution is 7.92. The van der Waals surface area contributed by atoms with Crippen LogP contribution < -0.4 is 10.5 Å². The zero-order chi connectivity index (χ0) is 14.7. The molecule has 0 aromatic heterocycles. The van der Waals surface area contributed by atoms with E-state index in [1.807, 2.05) is 4.72 Å². The maximum atomic E-state index is 12.9. The molecular formula is C10H12F4N2O2S.